The maximum Gasteiger partial charge on any atom is 0.0876 e. The summed E-state index contributed by atoms with van der Waals surface area (Å²) in [6, 6.07) is 0.0188. The van der Waals surface area contributed by atoms with Gasteiger partial charge in [0.2, 0.25) is 0 Å². The summed E-state index contributed by atoms with van der Waals surface area (Å²) in [6.07, 6.45) is 3.92. The van der Waals surface area contributed by atoms with Crippen LogP contribution in [0.5, 0.6) is 0 Å². The van der Waals surface area contributed by atoms with Gasteiger partial charge in [-0.05, 0) is 23.8 Å². The molecule has 0 saturated heterocycles. The maximum atomic E-state index is 5.65. The third-order valence-electron chi connectivity index (χ3n) is 2.95. The van der Waals surface area contributed by atoms with Crippen molar-refractivity contribution < 1.29 is 9.47 Å². The van der Waals surface area contributed by atoms with E-state index < -0.39 is 0 Å². The smallest absolute Gasteiger partial charge is 0.0876 e. The van der Waals surface area contributed by atoms with E-state index in [9.17, 15) is 0 Å². The molecule has 0 aliphatic carbocycles. The van der Waals surface area contributed by atoms with E-state index in [0.717, 1.165) is 19.4 Å². The van der Waals surface area contributed by atoms with Crippen molar-refractivity contribution in [3.8, 4) is 0 Å². The number of methoxy groups -OCH3 is 1. The molecule has 1 aliphatic heterocycles. The van der Waals surface area contributed by atoms with E-state index in [-0.39, 0.29) is 17.6 Å². The summed E-state index contributed by atoms with van der Waals surface area (Å²) in [6.45, 7) is 7.25. The van der Waals surface area contributed by atoms with E-state index in [1.807, 2.05) is 6.26 Å². The second kappa shape index (κ2) is 5.66. The molecule has 0 amide bonds. The molecule has 0 aromatic carbocycles. The molecule has 1 heterocycles. The third-order valence-corrected chi connectivity index (χ3v) is 2.95. The number of nitrogens with two attached hydrogens (primary N) is 1. The molecule has 4 nitrogen and oxygen atoms in total. The minimum Gasteiger partial charge on any atom is -0.501 e. The molecule has 4 heteroatoms. The summed E-state index contributed by atoms with van der Waals surface area (Å²) in [5, 5.41) is 0. The Labute approximate surface area is 98.1 Å². The highest BCUT2D eigenvalue weighted by Gasteiger charge is 2.34. The van der Waals surface area contributed by atoms with Gasteiger partial charge in [0.25, 0.3) is 0 Å². The molecule has 16 heavy (non-hydrogen) atoms. The highest BCUT2D eigenvalue weighted by Crippen LogP contribution is 2.29. The Bertz CT molecular complexity index is 246. The second-order valence-electron chi connectivity index (χ2n) is 5.33. The van der Waals surface area contributed by atoms with Crippen LogP contribution in [0.3, 0.4) is 0 Å². The average molecular weight is 228 g/mol. The summed E-state index contributed by atoms with van der Waals surface area (Å²) >= 11 is 0. The topological polar surface area (TPSA) is 56.5 Å². The monoisotopic (exact) mass is 228 g/mol. The number of nitrogens with one attached hydrogen (secondary N) is 1. The number of hydrogen-bond donors (Lipinski definition) is 2. The second-order valence-corrected chi connectivity index (χ2v) is 5.33. The van der Waals surface area contributed by atoms with E-state index >= 15 is 0 Å². The van der Waals surface area contributed by atoms with Gasteiger partial charge in [-0.1, -0.05) is 20.8 Å². The molecule has 0 bridgehead atoms. The van der Waals surface area contributed by atoms with Gasteiger partial charge in [-0.15, -0.1) is 0 Å². The van der Waals surface area contributed by atoms with Crippen molar-refractivity contribution in [3.63, 3.8) is 0 Å². The van der Waals surface area contributed by atoms with Gasteiger partial charge in [0, 0.05) is 7.11 Å². The Morgan fingerprint density at radius 1 is 1.50 bits per heavy atom. The van der Waals surface area contributed by atoms with Crippen molar-refractivity contribution in [2.45, 2.75) is 45.8 Å². The molecule has 3 N–H and O–H groups in total. The molecule has 0 spiro atoms. The fraction of sp³-hybridized carbons (Fsp3) is 0.833. The van der Waals surface area contributed by atoms with Gasteiger partial charge < -0.3 is 9.47 Å². The Balaban J connectivity index is 2.82. The SMILES string of the molecule is COC(C(NN)C1=COCCC1)C(C)(C)C. The fourth-order valence-corrected chi connectivity index (χ4v) is 2.19. The van der Waals surface area contributed by atoms with Crippen LogP contribution in [0.25, 0.3) is 0 Å². The van der Waals surface area contributed by atoms with Gasteiger partial charge in [0.05, 0.1) is 25.0 Å². The molecule has 0 radical (unpaired) electrons. The molecule has 0 saturated carbocycles. The van der Waals surface area contributed by atoms with Crippen molar-refractivity contribution in [2.75, 3.05) is 13.7 Å². The van der Waals surface area contributed by atoms with Crippen LogP contribution in [0.2, 0.25) is 0 Å². The summed E-state index contributed by atoms with van der Waals surface area (Å²) in [4.78, 5) is 0. The van der Waals surface area contributed by atoms with Crippen LogP contribution in [0.1, 0.15) is 33.6 Å². The molecule has 94 valence electrons. The lowest BCUT2D eigenvalue weighted by molar-refractivity contribution is -0.00489. The van der Waals surface area contributed by atoms with Crippen LogP contribution in [0.15, 0.2) is 11.8 Å². The van der Waals surface area contributed by atoms with Gasteiger partial charge in [-0.3, -0.25) is 11.3 Å². The number of rotatable bonds is 4. The lowest BCUT2D eigenvalue weighted by Gasteiger charge is -2.37. The predicted molar refractivity (Wildman–Crippen MR) is 64.6 cm³/mol. The lowest BCUT2D eigenvalue weighted by Crippen LogP contribution is -2.51. The highest BCUT2D eigenvalue weighted by molar-refractivity contribution is 5.13. The van der Waals surface area contributed by atoms with Crippen LogP contribution in [0.4, 0.5) is 0 Å². The first kappa shape index (κ1) is 13.5. The molecule has 0 aromatic rings. The van der Waals surface area contributed by atoms with E-state index in [1.54, 1.807) is 7.11 Å². The molecule has 1 aliphatic rings. The summed E-state index contributed by atoms with van der Waals surface area (Å²) < 4.78 is 10.9. The number of hydrogen-bond acceptors (Lipinski definition) is 4. The van der Waals surface area contributed by atoms with E-state index in [1.165, 1.54) is 5.57 Å². The Kier molecular flexibility index (Phi) is 4.77. The van der Waals surface area contributed by atoms with Gasteiger partial charge in [0.1, 0.15) is 0 Å². The molecule has 2 atom stereocenters. The predicted octanol–water partition coefficient (Wildman–Crippen LogP) is 1.57. The fourth-order valence-electron chi connectivity index (χ4n) is 2.19. The quantitative estimate of drug-likeness (QED) is 0.566. The largest absolute Gasteiger partial charge is 0.501 e. The Hall–Kier alpha value is -0.580. The van der Waals surface area contributed by atoms with E-state index in [2.05, 4.69) is 26.2 Å². The van der Waals surface area contributed by atoms with Gasteiger partial charge in [-0.2, -0.15) is 0 Å². The van der Waals surface area contributed by atoms with Crippen LogP contribution < -0.4 is 11.3 Å². The van der Waals surface area contributed by atoms with Crippen LogP contribution >= 0.6 is 0 Å². The maximum absolute atomic E-state index is 5.65. The highest BCUT2D eigenvalue weighted by atomic mass is 16.5. The van der Waals surface area contributed by atoms with Crippen LogP contribution in [-0.2, 0) is 9.47 Å². The van der Waals surface area contributed by atoms with E-state index in [4.69, 9.17) is 15.3 Å². The summed E-state index contributed by atoms with van der Waals surface area (Å²) in [5.74, 6) is 5.65. The van der Waals surface area contributed by atoms with Gasteiger partial charge >= 0.3 is 0 Å². The number of ether oxygens (including phenoxy) is 2. The first-order valence-electron chi connectivity index (χ1n) is 5.80. The standard InChI is InChI=1S/C12H24N2O2/c1-12(2,3)11(15-4)10(14-13)9-6-5-7-16-8-9/h8,10-11,14H,5-7,13H2,1-4H3. The van der Waals surface area contributed by atoms with E-state index in [0.29, 0.717) is 0 Å². The first-order chi connectivity index (χ1) is 7.50. The minimum atomic E-state index is 0.0188. The molecule has 1 rings (SSSR count). The zero-order chi connectivity index (χ0) is 12.2. The lowest BCUT2D eigenvalue weighted by atomic mass is 9.81. The zero-order valence-corrected chi connectivity index (χ0v) is 10.7. The van der Waals surface area contributed by atoms with Crippen molar-refractivity contribution >= 4 is 0 Å². The van der Waals surface area contributed by atoms with Gasteiger partial charge in [0.15, 0.2) is 0 Å². The minimum absolute atomic E-state index is 0.0188. The number of hydrazine groups is 1. The van der Waals surface area contributed by atoms with Crippen molar-refractivity contribution in [2.24, 2.45) is 11.3 Å². The summed E-state index contributed by atoms with van der Waals surface area (Å²) in [5.41, 5.74) is 4.08. The molecule has 2 unspecified atom stereocenters. The Morgan fingerprint density at radius 3 is 2.56 bits per heavy atom. The molecule has 0 fully saturated rings. The van der Waals surface area contributed by atoms with Crippen molar-refractivity contribution in [1.29, 1.82) is 0 Å². The molecular weight excluding hydrogens is 204 g/mol. The first-order valence-corrected chi connectivity index (χ1v) is 5.80. The van der Waals surface area contributed by atoms with Crippen molar-refractivity contribution in [3.05, 3.63) is 11.8 Å². The molecule has 0 aromatic heterocycles. The normalized spacial score (nSPS) is 20.9. The Morgan fingerprint density at radius 2 is 2.19 bits per heavy atom. The molecular formula is C12H24N2O2. The zero-order valence-electron chi connectivity index (χ0n) is 10.7. The third kappa shape index (κ3) is 3.20. The van der Waals surface area contributed by atoms with Crippen LogP contribution in [0, 0.1) is 5.41 Å². The average Bonchev–Trinajstić information content (AvgIpc) is 2.25. The van der Waals surface area contributed by atoms with Crippen LogP contribution in [-0.4, -0.2) is 25.9 Å². The van der Waals surface area contributed by atoms with Crippen molar-refractivity contribution in [1.82, 2.24) is 5.43 Å². The summed E-state index contributed by atoms with van der Waals surface area (Å²) in [7, 11) is 1.73. The van der Waals surface area contributed by atoms with Gasteiger partial charge in [-0.25, -0.2) is 0 Å².